The van der Waals surface area contributed by atoms with Gasteiger partial charge in [-0.2, -0.15) is 0 Å². The first-order valence-corrected chi connectivity index (χ1v) is 8.86. The molecule has 1 aliphatic heterocycles. The number of carbonyl (C=O) groups is 1. The van der Waals surface area contributed by atoms with Crippen molar-refractivity contribution in [3.8, 4) is 11.1 Å². The third kappa shape index (κ3) is 3.25. The molecule has 126 valence electrons. The minimum atomic E-state index is -2.94. The van der Waals surface area contributed by atoms with E-state index in [0.29, 0.717) is 23.7 Å². The Labute approximate surface area is 141 Å². The van der Waals surface area contributed by atoms with Gasteiger partial charge in [0.2, 0.25) is 5.91 Å². The molecule has 24 heavy (non-hydrogen) atoms. The summed E-state index contributed by atoms with van der Waals surface area (Å²) in [5.41, 5.74) is 2.99. The van der Waals surface area contributed by atoms with Crippen LogP contribution in [0.1, 0.15) is 12.6 Å². The molecule has 0 spiro atoms. The van der Waals surface area contributed by atoms with Gasteiger partial charge in [0.25, 0.3) is 0 Å². The molecule has 0 bridgehead atoms. The molecule has 1 aliphatic rings. The number of hydrogen-bond acceptors (Lipinski definition) is 6. The first-order chi connectivity index (χ1) is 11.4. The smallest absolute Gasteiger partial charge is 0.222 e. The van der Waals surface area contributed by atoms with Crippen LogP contribution in [0.2, 0.25) is 0 Å². The zero-order chi connectivity index (χ0) is 17.3. The number of aryl methyl sites for hydroxylation is 1. The van der Waals surface area contributed by atoms with E-state index in [4.69, 9.17) is 0 Å². The topological polar surface area (TPSA) is 98.6 Å². The highest BCUT2D eigenvalue weighted by Crippen LogP contribution is 2.51. The number of pyridine rings is 2. The molecule has 2 aromatic heterocycles. The number of nitrogens with one attached hydrogen (secondary N) is 1. The van der Waals surface area contributed by atoms with E-state index in [1.54, 1.807) is 24.5 Å². The maximum Gasteiger partial charge on any atom is 0.222 e. The number of aromatic nitrogens is 2. The van der Waals surface area contributed by atoms with Crippen LogP contribution in [0.5, 0.6) is 0 Å². The number of anilines is 2. The van der Waals surface area contributed by atoms with E-state index < -0.39 is 10.8 Å². The van der Waals surface area contributed by atoms with Crippen LogP contribution in [0.4, 0.5) is 11.5 Å². The van der Waals surface area contributed by atoms with Crippen LogP contribution in [0.3, 0.4) is 0 Å². The van der Waals surface area contributed by atoms with Crippen molar-refractivity contribution in [2.24, 2.45) is 0 Å². The van der Waals surface area contributed by atoms with E-state index >= 15 is 0 Å². The fraction of sp³-hybridized carbons (Fsp3) is 0.188. The highest BCUT2D eigenvalue weighted by Gasteiger charge is 2.26. The third-order valence-corrected chi connectivity index (χ3v) is 5.15. The van der Waals surface area contributed by atoms with Crippen LogP contribution in [-0.4, -0.2) is 31.5 Å². The number of hydrogen-bond donors (Lipinski definition) is 3. The summed E-state index contributed by atoms with van der Waals surface area (Å²) in [6.45, 7) is 3.66. The number of nitrogens with zero attached hydrogens (tertiary/aromatic N) is 3. The lowest BCUT2D eigenvalue weighted by Gasteiger charge is -2.37. The van der Waals surface area contributed by atoms with E-state index in [-0.39, 0.29) is 5.91 Å². The van der Waals surface area contributed by atoms with Crippen LogP contribution < -0.4 is 9.62 Å². The second kappa shape index (κ2) is 6.23. The molecule has 3 N–H and O–H groups in total. The van der Waals surface area contributed by atoms with Gasteiger partial charge in [0.05, 0.1) is 17.9 Å². The summed E-state index contributed by atoms with van der Waals surface area (Å²) in [5.74, 6) is 0.258. The average Bonchev–Trinajstić information content (AvgIpc) is 2.86. The lowest BCUT2D eigenvalue weighted by Crippen LogP contribution is -2.23. The molecule has 2 aromatic rings. The van der Waals surface area contributed by atoms with Crippen molar-refractivity contribution in [1.82, 2.24) is 9.97 Å². The van der Waals surface area contributed by atoms with Crippen LogP contribution in [0.25, 0.3) is 11.1 Å². The van der Waals surface area contributed by atoms with E-state index in [1.807, 2.05) is 19.1 Å². The normalized spacial score (nSPS) is 16.9. The molecule has 0 aliphatic carbocycles. The highest BCUT2D eigenvalue weighted by molar-refractivity contribution is 8.28. The maximum atomic E-state index is 11.2. The Kier molecular flexibility index (Phi) is 4.27. The molecule has 3 rings (SSSR count). The standard InChI is InChI=1S/C16H18N4O3S/c1-11-15(20-6-3-7-24(20,22)23)8-14(10-18-11)13-4-5-17-16(9-13)19-12(2)21/h3-5,7-10,22-23H,6H2,1-2H3,(H,17,19,21). The fourth-order valence-corrected chi connectivity index (χ4v) is 3.76. The maximum absolute atomic E-state index is 11.2. The van der Waals surface area contributed by atoms with Crippen LogP contribution in [0, 0.1) is 6.92 Å². The Morgan fingerprint density at radius 2 is 2.08 bits per heavy atom. The number of amides is 1. The number of carbonyl (C=O) groups excluding carboxylic acids is 1. The molecule has 0 atom stereocenters. The molecule has 0 radical (unpaired) electrons. The minimum absolute atomic E-state index is 0.195. The molecule has 0 fully saturated rings. The zero-order valence-corrected chi connectivity index (χ0v) is 14.1. The lowest BCUT2D eigenvalue weighted by atomic mass is 10.1. The Morgan fingerprint density at radius 1 is 1.29 bits per heavy atom. The summed E-state index contributed by atoms with van der Waals surface area (Å²) >= 11 is 0. The molecular formula is C16H18N4O3S. The predicted molar refractivity (Wildman–Crippen MR) is 95.8 cm³/mol. The second-order valence-corrected chi connectivity index (χ2v) is 7.27. The van der Waals surface area contributed by atoms with E-state index in [9.17, 15) is 13.9 Å². The Balaban J connectivity index is 1.99. The van der Waals surface area contributed by atoms with Gasteiger partial charge in [0.15, 0.2) is 0 Å². The van der Waals surface area contributed by atoms with Crippen molar-refractivity contribution < 1.29 is 13.9 Å². The van der Waals surface area contributed by atoms with Crippen molar-refractivity contribution in [2.75, 3.05) is 16.2 Å². The van der Waals surface area contributed by atoms with Gasteiger partial charge in [-0.3, -0.25) is 23.2 Å². The van der Waals surface area contributed by atoms with Gasteiger partial charge in [0, 0.05) is 30.3 Å². The number of rotatable bonds is 3. The van der Waals surface area contributed by atoms with Crippen molar-refractivity contribution in [3.05, 3.63) is 47.8 Å². The van der Waals surface area contributed by atoms with Crippen molar-refractivity contribution in [3.63, 3.8) is 0 Å². The van der Waals surface area contributed by atoms with Gasteiger partial charge in [-0.05, 0) is 36.8 Å². The summed E-state index contributed by atoms with van der Waals surface area (Å²) in [6, 6.07) is 5.41. The summed E-state index contributed by atoms with van der Waals surface area (Å²) in [6.07, 6.45) is 5.04. The molecule has 7 nitrogen and oxygen atoms in total. The van der Waals surface area contributed by atoms with Crippen molar-refractivity contribution in [1.29, 1.82) is 0 Å². The van der Waals surface area contributed by atoms with Gasteiger partial charge < -0.3 is 5.32 Å². The highest BCUT2D eigenvalue weighted by atomic mass is 32.3. The van der Waals surface area contributed by atoms with Gasteiger partial charge in [-0.15, -0.1) is 0 Å². The van der Waals surface area contributed by atoms with E-state index in [1.165, 1.54) is 16.6 Å². The first kappa shape index (κ1) is 16.4. The largest absolute Gasteiger partial charge is 0.311 e. The van der Waals surface area contributed by atoms with Crippen LogP contribution in [0.15, 0.2) is 42.1 Å². The minimum Gasteiger partial charge on any atom is -0.311 e. The summed E-state index contributed by atoms with van der Waals surface area (Å²) < 4.78 is 21.8. The quantitative estimate of drug-likeness (QED) is 0.788. The van der Waals surface area contributed by atoms with E-state index in [0.717, 1.165) is 11.1 Å². The second-order valence-electron chi connectivity index (χ2n) is 5.43. The monoisotopic (exact) mass is 346 g/mol. The van der Waals surface area contributed by atoms with Gasteiger partial charge in [-0.1, -0.05) is 10.8 Å². The van der Waals surface area contributed by atoms with Crippen molar-refractivity contribution in [2.45, 2.75) is 13.8 Å². The molecule has 1 amide bonds. The Hall–Kier alpha value is -2.42. The molecule has 0 unspecified atom stereocenters. The van der Waals surface area contributed by atoms with E-state index in [2.05, 4.69) is 15.3 Å². The van der Waals surface area contributed by atoms with Crippen LogP contribution >= 0.6 is 10.8 Å². The first-order valence-electron chi connectivity index (χ1n) is 7.30. The molecule has 8 heteroatoms. The molecule has 0 saturated heterocycles. The third-order valence-electron chi connectivity index (χ3n) is 3.60. The molecule has 3 heterocycles. The fourth-order valence-electron chi connectivity index (χ4n) is 2.48. The summed E-state index contributed by atoms with van der Waals surface area (Å²) in [4.78, 5) is 19.6. The van der Waals surface area contributed by atoms with Gasteiger partial charge in [0.1, 0.15) is 5.82 Å². The molecule has 0 saturated carbocycles. The zero-order valence-electron chi connectivity index (χ0n) is 13.3. The van der Waals surface area contributed by atoms with Crippen molar-refractivity contribution >= 4 is 28.2 Å². The summed E-state index contributed by atoms with van der Waals surface area (Å²) in [5, 5.41) is 4.06. The lowest BCUT2D eigenvalue weighted by molar-refractivity contribution is -0.114. The van der Waals surface area contributed by atoms with Gasteiger partial charge >= 0.3 is 0 Å². The molecule has 0 aromatic carbocycles. The van der Waals surface area contributed by atoms with Crippen LogP contribution in [-0.2, 0) is 4.79 Å². The van der Waals surface area contributed by atoms with Gasteiger partial charge in [-0.25, -0.2) is 4.98 Å². The molecular weight excluding hydrogens is 328 g/mol. The predicted octanol–water partition coefficient (Wildman–Crippen LogP) is 3.41. The SMILES string of the molecule is CC(=O)Nc1cc(-c2cnc(C)c(N3CC=CS3(O)O)c2)ccn1. The summed E-state index contributed by atoms with van der Waals surface area (Å²) in [7, 11) is -2.94. The Bertz CT molecular complexity index is 823. The average molecular weight is 346 g/mol. The Morgan fingerprint density at radius 3 is 2.75 bits per heavy atom.